The Kier molecular flexibility index (Phi) is 9.59. The number of nitrogens with one attached hydrogen (secondary N) is 2. The minimum Gasteiger partial charge on any atom is -0.477 e. The molecule has 2 aromatic rings. The van der Waals surface area contributed by atoms with Crippen molar-refractivity contribution in [3.8, 4) is 5.88 Å². The molecular weight excluding hydrogens is 530 g/mol. The Morgan fingerprint density at radius 2 is 2.10 bits per heavy atom. The number of aliphatic imine (C=N–C) groups is 1. The number of pyridine rings is 1. The second-order valence-corrected chi connectivity index (χ2v) is 7.70. The minimum absolute atomic E-state index is 0. The number of thiazole rings is 1. The summed E-state index contributed by atoms with van der Waals surface area (Å²) in [5.41, 5.74) is 0.103. The van der Waals surface area contributed by atoms with Crippen LogP contribution in [-0.2, 0) is 19.1 Å². The second-order valence-electron chi connectivity index (χ2n) is 6.76. The van der Waals surface area contributed by atoms with Gasteiger partial charge in [-0.1, -0.05) is 6.07 Å². The molecule has 1 aliphatic carbocycles. The minimum atomic E-state index is -4.40. The molecule has 2 N–H and O–H groups in total. The maximum absolute atomic E-state index is 12.6. The van der Waals surface area contributed by atoms with Crippen LogP contribution in [0.15, 0.2) is 28.7 Å². The van der Waals surface area contributed by atoms with Gasteiger partial charge >= 0.3 is 6.18 Å². The molecule has 0 amide bonds. The first-order valence-corrected chi connectivity index (χ1v) is 10.4. The van der Waals surface area contributed by atoms with E-state index in [1.54, 1.807) is 6.20 Å². The van der Waals surface area contributed by atoms with Crippen LogP contribution in [0.25, 0.3) is 0 Å². The highest BCUT2D eigenvalue weighted by molar-refractivity contribution is 14.0. The standard InChI is InChI=1S/C19H24F3N5OS.HI/c1-2-23-18(24-8-7-17-27-15(12-29-17)19(20,21)22)26-10-14-5-6-16(25-9-14)28-11-13-3-4-13;/h5-6,9,12-13H,2-4,7-8,10-11H2,1H3,(H2,23,24,26);1H. The molecular formula is C19H25F3IN5OS. The maximum atomic E-state index is 12.6. The zero-order valence-corrected chi connectivity index (χ0v) is 19.7. The number of ether oxygens (including phenoxy) is 1. The molecule has 1 saturated carbocycles. The summed E-state index contributed by atoms with van der Waals surface area (Å²) in [5, 5.41) is 7.71. The molecule has 0 unspecified atom stereocenters. The maximum Gasteiger partial charge on any atom is 0.434 e. The Labute approximate surface area is 194 Å². The van der Waals surface area contributed by atoms with Crippen LogP contribution >= 0.6 is 35.3 Å². The van der Waals surface area contributed by atoms with Gasteiger partial charge in [-0.3, -0.25) is 0 Å². The number of aromatic nitrogens is 2. The monoisotopic (exact) mass is 555 g/mol. The van der Waals surface area contributed by atoms with Crippen LogP contribution < -0.4 is 15.4 Å². The van der Waals surface area contributed by atoms with Gasteiger partial charge in [0.05, 0.1) is 18.2 Å². The lowest BCUT2D eigenvalue weighted by molar-refractivity contribution is -0.140. The van der Waals surface area contributed by atoms with Gasteiger partial charge in [0.15, 0.2) is 11.7 Å². The molecule has 0 spiro atoms. The van der Waals surface area contributed by atoms with Crippen molar-refractivity contribution >= 4 is 41.3 Å². The largest absolute Gasteiger partial charge is 0.477 e. The van der Waals surface area contributed by atoms with E-state index in [4.69, 9.17) is 4.74 Å². The number of hydrogen-bond acceptors (Lipinski definition) is 5. The zero-order chi connectivity index (χ0) is 20.7. The van der Waals surface area contributed by atoms with Gasteiger partial charge in [0.1, 0.15) is 0 Å². The van der Waals surface area contributed by atoms with Crippen LogP contribution in [0, 0.1) is 5.92 Å². The van der Waals surface area contributed by atoms with Gasteiger partial charge in [-0.15, -0.1) is 35.3 Å². The first-order chi connectivity index (χ1) is 13.9. The quantitative estimate of drug-likeness (QED) is 0.275. The molecule has 11 heteroatoms. The molecule has 0 bridgehead atoms. The van der Waals surface area contributed by atoms with Crippen LogP contribution in [0.2, 0.25) is 0 Å². The molecule has 166 valence electrons. The van der Waals surface area contributed by atoms with E-state index in [-0.39, 0.29) is 24.0 Å². The molecule has 1 fully saturated rings. The molecule has 3 rings (SSSR count). The van der Waals surface area contributed by atoms with Crippen LogP contribution in [0.1, 0.15) is 36.0 Å². The van der Waals surface area contributed by atoms with E-state index in [9.17, 15) is 13.2 Å². The Hall–Kier alpha value is -1.63. The predicted molar refractivity (Wildman–Crippen MR) is 122 cm³/mol. The lowest BCUT2D eigenvalue weighted by Crippen LogP contribution is -2.38. The highest BCUT2D eigenvalue weighted by Gasteiger charge is 2.33. The van der Waals surface area contributed by atoms with Crippen LogP contribution in [0.5, 0.6) is 5.88 Å². The molecule has 1 aliphatic rings. The van der Waals surface area contributed by atoms with Gasteiger partial charge in [0.25, 0.3) is 0 Å². The van der Waals surface area contributed by atoms with Gasteiger partial charge in [0, 0.05) is 37.2 Å². The molecule has 2 heterocycles. The van der Waals surface area contributed by atoms with Crippen LogP contribution in [0.3, 0.4) is 0 Å². The number of halogens is 4. The molecule has 0 aromatic carbocycles. The highest BCUT2D eigenvalue weighted by Crippen LogP contribution is 2.30. The number of rotatable bonds is 9. The number of alkyl halides is 3. The fourth-order valence-corrected chi connectivity index (χ4v) is 3.24. The summed E-state index contributed by atoms with van der Waals surface area (Å²) in [6, 6.07) is 3.77. The van der Waals surface area contributed by atoms with Crippen molar-refractivity contribution < 1.29 is 17.9 Å². The summed E-state index contributed by atoms with van der Waals surface area (Å²) in [6.07, 6.45) is 0.201. The molecule has 0 aliphatic heterocycles. The average Bonchev–Trinajstić information content (AvgIpc) is 3.39. The molecule has 0 atom stereocenters. The van der Waals surface area contributed by atoms with Gasteiger partial charge in [0.2, 0.25) is 5.88 Å². The second kappa shape index (κ2) is 11.7. The average molecular weight is 555 g/mol. The van der Waals surface area contributed by atoms with Crippen molar-refractivity contribution in [2.45, 2.75) is 38.9 Å². The lowest BCUT2D eigenvalue weighted by atomic mass is 10.3. The van der Waals surface area contributed by atoms with E-state index < -0.39 is 11.9 Å². The Morgan fingerprint density at radius 3 is 2.70 bits per heavy atom. The zero-order valence-electron chi connectivity index (χ0n) is 16.5. The summed E-state index contributed by atoms with van der Waals surface area (Å²) in [6.45, 7) is 4.21. The molecule has 0 radical (unpaired) electrons. The van der Waals surface area contributed by atoms with Gasteiger partial charge in [-0.25, -0.2) is 15.0 Å². The van der Waals surface area contributed by atoms with Crippen molar-refractivity contribution in [2.24, 2.45) is 10.9 Å². The van der Waals surface area contributed by atoms with Gasteiger partial charge < -0.3 is 15.4 Å². The van der Waals surface area contributed by atoms with Crippen molar-refractivity contribution in [3.05, 3.63) is 40.0 Å². The van der Waals surface area contributed by atoms with Crippen molar-refractivity contribution in [2.75, 3.05) is 19.7 Å². The van der Waals surface area contributed by atoms with Crippen molar-refractivity contribution in [1.29, 1.82) is 0 Å². The van der Waals surface area contributed by atoms with Gasteiger partial charge in [-0.2, -0.15) is 13.2 Å². The molecule has 0 saturated heterocycles. The van der Waals surface area contributed by atoms with Crippen LogP contribution in [-0.4, -0.2) is 35.6 Å². The van der Waals surface area contributed by atoms with Crippen molar-refractivity contribution in [1.82, 2.24) is 20.6 Å². The first kappa shape index (κ1) is 24.6. The lowest BCUT2D eigenvalue weighted by Gasteiger charge is -2.11. The molecule has 2 aromatic heterocycles. The van der Waals surface area contributed by atoms with Crippen LogP contribution in [0.4, 0.5) is 13.2 Å². The Morgan fingerprint density at radius 1 is 1.30 bits per heavy atom. The third kappa shape index (κ3) is 8.25. The first-order valence-electron chi connectivity index (χ1n) is 9.55. The third-order valence-electron chi connectivity index (χ3n) is 4.20. The normalized spacial score (nSPS) is 14.2. The summed E-state index contributed by atoms with van der Waals surface area (Å²) >= 11 is 1.01. The summed E-state index contributed by atoms with van der Waals surface area (Å²) in [5.74, 6) is 1.89. The highest BCUT2D eigenvalue weighted by atomic mass is 127. The number of guanidine groups is 1. The Balaban J connectivity index is 0.00000320. The topological polar surface area (TPSA) is 71.4 Å². The van der Waals surface area contributed by atoms with E-state index in [0.717, 1.165) is 28.9 Å². The number of nitrogens with zero attached hydrogens (tertiary/aromatic N) is 3. The fourth-order valence-electron chi connectivity index (χ4n) is 2.43. The van der Waals surface area contributed by atoms with E-state index in [1.165, 1.54) is 12.8 Å². The molecule has 6 nitrogen and oxygen atoms in total. The summed E-state index contributed by atoms with van der Waals surface area (Å²) < 4.78 is 43.4. The van der Waals surface area contributed by atoms with Gasteiger partial charge in [-0.05, 0) is 31.2 Å². The fraction of sp³-hybridized carbons (Fsp3) is 0.526. The van der Waals surface area contributed by atoms with Crippen molar-refractivity contribution in [3.63, 3.8) is 0 Å². The Bertz CT molecular complexity index is 809. The summed E-state index contributed by atoms with van der Waals surface area (Å²) in [7, 11) is 0. The van der Waals surface area contributed by atoms with E-state index in [2.05, 4.69) is 25.6 Å². The smallest absolute Gasteiger partial charge is 0.434 e. The SMILES string of the molecule is CCNC(=NCc1ccc(OCC2CC2)nc1)NCCc1nc(C(F)(F)F)cs1.I. The van der Waals surface area contributed by atoms with E-state index in [1.807, 2.05) is 19.1 Å². The third-order valence-corrected chi connectivity index (χ3v) is 5.11. The van der Waals surface area contributed by atoms with E-state index in [0.29, 0.717) is 48.8 Å². The number of hydrogen-bond donors (Lipinski definition) is 2. The molecule has 30 heavy (non-hydrogen) atoms. The summed E-state index contributed by atoms with van der Waals surface area (Å²) in [4.78, 5) is 12.4. The predicted octanol–water partition coefficient (Wildman–Crippen LogP) is 4.26. The van der Waals surface area contributed by atoms with E-state index >= 15 is 0 Å².